The maximum absolute atomic E-state index is 13.1. The van der Waals surface area contributed by atoms with Gasteiger partial charge in [-0.15, -0.1) is 11.3 Å². The number of hydrogen-bond acceptors (Lipinski definition) is 6. The zero-order valence-electron chi connectivity index (χ0n) is 14.3. The normalized spacial score (nSPS) is 35.0. The smallest absolute Gasteiger partial charge is 0.254 e. The number of thiophene rings is 1. The van der Waals surface area contributed by atoms with Crippen molar-refractivity contribution in [3.63, 3.8) is 0 Å². The average Bonchev–Trinajstić information content (AvgIpc) is 3.11. The van der Waals surface area contributed by atoms with Gasteiger partial charge in [0, 0.05) is 49.4 Å². The number of piperidine rings is 1. The number of rotatable bonds is 2. The summed E-state index contributed by atoms with van der Waals surface area (Å²) in [5.41, 5.74) is -0.262. The molecule has 1 amide bonds. The van der Waals surface area contributed by atoms with Crippen molar-refractivity contribution in [3.8, 4) is 0 Å². The van der Waals surface area contributed by atoms with Crippen molar-refractivity contribution in [3.05, 3.63) is 21.9 Å². The van der Waals surface area contributed by atoms with Crippen LogP contribution in [-0.4, -0.2) is 66.3 Å². The summed E-state index contributed by atoms with van der Waals surface area (Å²) in [5.74, 6) is -0.271. The highest BCUT2D eigenvalue weighted by molar-refractivity contribution is 7.12. The molecule has 1 aromatic heterocycles. The van der Waals surface area contributed by atoms with E-state index in [4.69, 9.17) is 9.47 Å². The van der Waals surface area contributed by atoms with Gasteiger partial charge in [0.25, 0.3) is 5.91 Å². The molecule has 0 spiro atoms. The molecule has 0 aromatic carbocycles. The van der Waals surface area contributed by atoms with E-state index in [0.717, 1.165) is 6.42 Å². The number of likely N-dealkylation sites (tertiary alicyclic amines) is 1. The van der Waals surface area contributed by atoms with Crippen LogP contribution in [0.2, 0.25) is 0 Å². The summed E-state index contributed by atoms with van der Waals surface area (Å²) in [5, 5.41) is 13.0. The number of amides is 1. The zero-order chi connectivity index (χ0) is 17.6. The van der Waals surface area contributed by atoms with Crippen molar-refractivity contribution < 1.29 is 24.2 Å². The Bertz CT molecular complexity index is 689. The molecule has 4 atom stereocenters. The molecule has 0 aliphatic carbocycles. The van der Waals surface area contributed by atoms with E-state index < -0.39 is 5.60 Å². The fourth-order valence-electron chi connectivity index (χ4n) is 4.49. The lowest BCUT2D eigenvalue weighted by Gasteiger charge is -2.57. The highest BCUT2D eigenvalue weighted by Crippen LogP contribution is 2.44. The van der Waals surface area contributed by atoms with Crippen molar-refractivity contribution in [2.45, 2.75) is 31.4 Å². The van der Waals surface area contributed by atoms with E-state index in [1.165, 1.54) is 18.3 Å². The molecule has 25 heavy (non-hydrogen) atoms. The summed E-state index contributed by atoms with van der Waals surface area (Å²) in [7, 11) is 0. The van der Waals surface area contributed by atoms with Crippen LogP contribution >= 0.6 is 11.3 Å². The van der Waals surface area contributed by atoms with Gasteiger partial charge in [0.15, 0.2) is 5.78 Å². The molecular formula is C18H23NO5S. The molecule has 4 rings (SSSR count). The number of ketones is 1. The van der Waals surface area contributed by atoms with Crippen LogP contribution in [-0.2, 0) is 9.47 Å². The van der Waals surface area contributed by atoms with Gasteiger partial charge in [0.1, 0.15) is 0 Å². The van der Waals surface area contributed by atoms with E-state index in [1.54, 1.807) is 11.4 Å². The third-order valence-electron chi connectivity index (χ3n) is 5.91. The summed E-state index contributed by atoms with van der Waals surface area (Å²) in [6, 6.07) is 1.66. The van der Waals surface area contributed by atoms with E-state index in [1.807, 2.05) is 4.90 Å². The minimum absolute atomic E-state index is 0.0262. The Morgan fingerprint density at radius 2 is 2.12 bits per heavy atom. The Balaban J connectivity index is 1.64. The first-order valence-corrected chi connectivity index (χ1v) is 9.67. The molecule has 6 nitrogen and oxygen atoms in total. The van der Waals surface area contributed by atoms with Gasteiger partial charge in [-0.2, -0.15) is 0 Å². The van der Waals surface area contributed by atoms with Crippen molar-refractivity contribution >= 4 is 23.0 Å². The van der Waals surface area contributed by atoms with Gasteiger partial charge in [0.2, 0.25) is 0 Å². The Morgan fingerprint density at radius 1 is 1.32 bits per heavy atom. The van der Waals surface area contributed by atoms with Gasteiger partial charge in [0.05, 0.1) is 29.3 Å². The van der Waals surface area contributed by atoms with Gasteiger partial charge in [-0.3, -0.25) is 9.59 Å². The van der Waals surface area contributed by atoms with E-state index in [2.05, 4.69) is 0 Å². The molecule has 3 saturated heterocycles. The second kappa shape index (κ2) is 6.46. The minimum Gasteiger partial charge on any atom is -0.389 e. The predicted molar refractivity (Wildman–Crippen MR) is 91.9 cm³/mol. The van der Waals surface area contributed by atoms with Gasteiger partial charge >= 0.3 is 0 Å². The molecule has 0 saturated carbocycles. The Morgan fingerprint density at radius 3 is 2.88 bits per heavy atom. The van der Waals surface area contributed by atoms with E-state index >= 15 is 0 Å². The summed E-state index contributed by atoms with van der Waals surface area (Å²) >= 11 is 1.31. The molecule has 0 radical (unpaired) electrons. The largest absolute Gasteiger partial charge is 0.389 e. The molecule has 136 valence electrons. The van der Waals surface area contributed by atoms with Crippen molar-refractivity contribution in [2.75, 3.05) is 33.0 Å². The lowest BCUT2D eigenvalue weighted by Crippen LogP contribution is -2.68. The maximum atomic E-state index is 13.1. The Labute approximate surface area is 150 Å². The molecule has 3 aliphatic heterocycles. The third kappa shape index (κ3) is 2.83. The maximum Gasteiger partial charge on any atom is 0.254 e. The highest BCUT2D eigenvalue weighted by Gasteiger charge is 2.56. The van der Waals surface area contributed by atoms with E-state index in [9.17, 15) is 14.7 Å². The zero-order valence-corrected chi connectivity index (χ0v) is 15.1. The Kier molecular flexibility index (Phi) is 4.43. The van der Waals surface area contributed by atoms with Crippen LogP contribution in [0.1, 0.15) is 39.8 Å². The number of ether oxygens (including phenoxy) is 2. The number of fused-ring (bicyclic) bond motifs is 3. The monoisotopic (exact) mass is 365 g/mol. The molecule has 0 bridgehead atoms. The SMILES string of the molecule is CC(=O)c1cc(C(=O)N2C[C@@H]3COCC[C@]3(O)[C@H]3COCC[C@H]32)cs1. The topological polar surface area (TPSA) is 76.1 Å². The highest BCUT2D eigenvalue weighted by atomic mass is 32.1. The van der Waals surface area contributed by atoms with Crippen molar-refractivity contribution in [2.24, 2.45) is 11.8 Å². The molecule has 0 unspecified atom stereocenters. The van der Waals surface area contributed by atoms with Crippen LogP contribution in [0.4, 0.5) is 0 Å². The molecule has 4 heterocycles. The first-order chi connectivity index (χ1) is 12.0. The number of carbonyl (C=O) groups excluding carboxylic acids is 2. The van der Waals surface area contributed by atoms with Gasteiger partial charge in [-0.05, 0) is 19.4 Å². The van der Waals surface area contributed by atoms with Crippen LogP contribution in [0, 0.1) is 11.8 Å². The van der Waals surface area contributed by atoms with Crippen molar-refractivity contribution in [1.82, 2.24) is 4.90 Å². The summed E-state index contributed by atoms with van der Waals surface area (Å²) in [4.78, 5) is 27.1. The van der Waals surface area contributed by atoms with Crippen LogP contribution in [0.25, 0.3) is 0 Å². The number of Topliss-reactive ketones (excluding diaryl/α,β-unsaturated/α-hetero) is 1. The number of nitrogens with zero attached hydrogens (tertiary/aromatic N) is 1. The van der Waals surface area contributed by atoms with Gasteiger partial charge in [-0.1, -0.05) is 0 Å². The molecule has 1 N–H and O–H groups in total. The second-order valence-electron chi connectivity index (χ2n) is 7.26. The second-order valence-corrected chi connectivity index (χ2v) is 8.18. The number of hydrogen-bond donors (Lipinski definition) is 1. The number of aliphatic hydroxyl groups is 1. The first kappa shape index (κ1) is 17.1. The minimum atomic E-state index is -0.820. The summed E-state index contributed by atoms with van der Waals surface area (Å²) < 4.78 is 11.2. The molecule has 3 fully saturated rings. The van der Waals surface area contributed by atoms with Crippen LogP contribution in [0.15, 0.2) is 11.4 Å². The lowest BCUT2D eigenvalue weighted by molar-refractivity contribution is -0.212. The lowest BCUT2D eigenvalue weighted by atomic mass is 9.66. The third-order valence-corrected chi connectivity index (χ3v) is 6.94. The Hall–Kier alpha value is -1.28. The van der Waals surface area contributed by atoms with Crippen LogP contribution in [0.3, 0.4) is 0 Å². The van der Waals surface area contributed by atoms with Crippen LogP contribution < -0.4 is 0 Å². The molecule has 3 aliphatic rings. The molecule has 7 heteroatoms. The first-order valence-electron chi connectivity index (χ1n) is 8.79. The number of carbonyl (C=O) groups is 2. The molecular weight excluding hydrogens is 342 g/mol. The van der Waals surface area contributed by atoms with Crippen LogP contribution in [0.5, 0.6) is 0 Å². The standard InChI is InChI=1S/C18H23NO5S/c1-11(20)16-6-12(10-25-16)17(21)19-7-13-8-24-5-3-18(13,22)14-9-23-4-2-15(14)19/h6,10,13-15,22H,2-5,7-9H2,1H3/t13-,14+,15-,18-/m1/s1. The van der Waals surface area contributed by atoms with Crippen molar-refractivity contribution in [1.29, 1.82) is 0 Å². The van der Waals surface area contributed by atoms with Gasteiger partial charge in [-0.25, -0.2) is 0 Å². The fraction of sp³-hybridized carbons (Fsp3) is 0.667. The average molecular weight is 365 g/mol. The predicted octanol–water partition coefficient (Wildman–Crippen LogP) is 1.58. The molecule has 1 aromatic rings. The van der Waals surface area contributed by atoms with E-state index in [-0.39, 0.29) is 29.6 Å². The van der Waals surface area contributed by atoms with Gasteiger partial charge < -0.3 is 19.5 Å². The summed E-state index contributed by atoms with van der Waals surface area (Å²) in [6.07, 6.45) is 1.33. The fourth-order valence-corrected chi connectivity index (χ4v) is 5.27. The summed E-state index contributed by atoms with van der Waals surface area (Å²) in [6.45, 7) is 4.09. The quantitative estimate of drug-likeness (QED) is 0.806. The van der Waals surface area contributed by atoms with E-state index in [0.29, 0.717) is 49.8 Å².